The van der Waals surface area contributed by atoms with Crippen LogP contribution in [0.2, 0.25) is 0 Å². The summed E-state index contributed by atoms with van der Waals surface area (Å²) in [7, 11) is 0. The number of thiophene rings is 1. The lowest BCUT2D eigenvalue weighted by atomic mass is 9.95. The Morgan fingerprint density at radius 1 is 1.39 bits per heavy atom. The number of rotatable bonds is 4. The third-order valence-corrected chi connectivity index (χ3v) is 4.86. The molecule has 1 aliphatic carbocycles. The number of hydrogen-bond donors (Lipinski definition) is 2. The summed E-state index contributed by atoms with van der Waals surface area (Å²) in [5, 5.41) is 11.9. The smallest absolute Gasteiger partial charge is 0.307 e. The first-order valence-corrected chi connectivity index (χ1v) is 7.43. The van der Waals surface area contributed by atoms with E-state index in [4.69, 9.17) is 5.11 Å². The standard InChI is InChI=1S/C12H14BrNO3S/c13-10-5-4-7(18-10)6-14-11(15)8-2-1-3-9(8)12(16)17/h4-5,8-9H,1-3,6H2,(H,14,15)(H,16,17)/t8-,9+/m1/s1. The van der Waals surface area contributed by atoms with Crippen molar-refractivity contribution in [3.63, 3.8) is 0 Å². The van der Waals surface area contributed by atoms with Crippen LogP contribution in [0.1, 0.15) is 24.1 Å². The maximum atomic E-state index is 12.0. The van der Waals surface area contributed by atoms with Gasteiger partial charge < -0.3 is 10.4 Å². The molecule has 0 spiro atoms. The summed E-state index contributed by atoms with van der Waals surface area (Å²) in [6, 6.07) is 3.88. The summed E-state index contributed by atoms with van der Waals surface area (Å²) in [6.07, 6.45) is 2.11. The van der Waals surface area contributed by atoms with Gasteiger partial charge in [0.1, 0.15) is 0 Å². The van der Waals surface area contributed by atoms with Crippen LogP contribution in [0.15, 0.2) is 15.9 Å². The summed E-state index contributed by atoms with van der Waals surface area (Å²) in [5.74, 6) is -1.87. The average Bonchev–Trinajstić information content (AvgIpc) is 2.94. The van der Waals surface area contributed by atoms with E-state index in [1.807, 2.05) is 12.1 Å². The van der Waals surface area contributed by atoms with Gasteiger partial charge in [-0.15, -0.1) is 11.3 Å². The van der Waals surface area contributed by atoms with Gasteiger partial charge in [0.15, 0.2) is 0 Å². The van der Waals surface area contributed by atoms with Crippen molar-refractivity contribution in [3.05, 3.63) is 20.8 Å². The number of carboxylic acid groups (broad SMARTS) is 1. The molecule has 98 valence electrons. The molecule has 2 atom stereocenters. The maximum absolute atomic E-state index is 12.0. The number of amides is 1. The zero-order chi connectivity index (χ0) is 13.1. The van der Waals surface area contributed by atoms with E-state index in [0.29, 0.717) is 19.4 Å². The maximum Gasteiger partial charge on any atom is 0.307 e. The third-order valence-electron chi connectivity index (χ3n) is 3.24. The van der Waals surface area contributed by atoms with Crippen molar-refractivity contribution in [1.82, 2.24) is 5.32 Å². The SMILES string of the molecule is O=C(O)[C@H]1CCC[C@H]1C(=O)NCc1ccc(Br)s1. The van der Waals surface area contributed by atoms with Crippen LogP contribution in [0.3, 0.4) is 0 Å². The number of carboxylic acids is 1. The molecule has 1 aromatic heterocycles. The first-order valence-electron chi connectivity index (χ1n) is 5.82. The molecule has 4 nitrogen and oxygen atoms in total. The summed E-state index contributed by atoms with van der Waals surface area (Å²) in [6.45, 7) is 0.470. The summed E-state index contributed by atoms with van der Waals surface area (Å²) >= 11 is 4.93. The second-order valence-corrected chi connectivity index (χ2v) is 6.95. The monoisotopic (exact) mass is 331 g/mol. The predicted molar refractivity (Wildman–Crippen MR) is 72.3 cm³/mol. The molecule has 1 fully saturated rings. The van der Waals surface area contributed by atoms with E-state index >= 15 is 0 Å². The van der Waals surface area contributed by atoms with Gasteiger partial charge in [0, 0.05) is 4.88 Å². The van der Waals surface area contributed by atoms with E-state index in [9.17, 15) is 9.59 Å². The molecule has 1 saturated carbocycles. The van der Waals surface area contributed by atoms with Gasteiger partial charge in [0.05, 0.1) is 22.2 Å². The van der Waals surface area contributed by atoms with Crippen molar-refractivity contribution in [2.75, 3.05) is 0 Å². The van der Waals surface area contributed by atoms with Gasteiger partial charge in [0.2, 0.25) is 5.91 Å². The van der Waals surface area contributed by atoms with Crippen molar-refractivity contribution < 1.29 is 14.7 Å². The van der Waals surface area contributed by atoms with Crippen LogP contribution in [0.4, 0.5) is 0 Å². The Morgan fingerprint density at radius 2 is 2.11 bits per heavy atom. The summed E-state index contributed by atoms with van der Waals surface area (Å²) < 4.78 is 1.02. The van der Waals surface area contributed by atoms with Gasteiger partial charge >= 0.3 is 5.97 Å². The minimum atomic E-state index is -0.855. The fourth-order valence-electron chi connectivity index (χ4n) is 2.32. The van der Waals surface area contributed by atoms with Crippen LogP contribution < -0.4 is 5.32 Å². The van der Waals surface area contributed by atoms with E-state index in [0.717, 1.165) is 15.1 Å². The third kappa shape index (κ3) is 3.11. The quantitative estimate of drug-likeness (QED) is 0.891. The van der Waals surface area contributed by atoms with Gasteiger partial charge in [-0.3, -0.25) is 9.59 Å². The largest absolute Gasteiger partial charge is 0.481 e. The highest BCUT2D eigenvalue weighted by Gasteiger charge is 2.37. The normalized spacial score (nSPS) is 22.9. The van der Waals surface area contributed by atoms with E-state index in [2.05, 4.69) is 21.2 Å². The first-order chi connectivity index (χ1) is 8.58. The molecule has 2 rings (SSSR count). The fourth-order valence-corrected chi connectivity index (χ4v) is 3.74. The molecular formula is C12H14BrNO3S. The molecule has 1 heterocycles. The molecule has 0 bridgehead atoms. The number of nitrogens with one attached hydrogen (secondary N) is 1. The van der Waals surface area contributed by atoms with Crippen LogP contribution in [0, 0.1) is 11.8 Å². The fraction of sp³-hybridized carbons (Fsp3) is 0.500. The molecule has 0 unspecified atom stereocenters. The minimum Gasteiger partial charge on any atom is -0.481 e. The highest BCUT2D eigenvalue weighted by Crippen LogP contribution is 2.32. The summed E-state index contributed by atoms with van der Waals surface area (Å²) in [4.78, 5) is 24.0. The number of hydrogen-bond acceptors (Lipinski definition) is 3. The van der Waals surface area contributed by atoms with E-state index in [1.54, 1.807) is 11.3 Å². The molecule has 0 aromatic carbocycles. The van der Waals surface area contributed by atoms with Crippen molar-refractivity contribution >= 4 is 39.1 Å². The molecule has 1 aliphatic rings. The zero-order valence-corrected chi connectivity index (χ0v) is 12.1. The van der Waals surface area contributed by atoms with E-state index < -0.39 is 11.9 Å². The Labute approximate surface area is 118 Å². The van der Waals surface area contributed by atoms with Crippen LogP contribution in [-0.2, 0) is 16.1 Å². The Hall–Kier alpha value is -0.880. The van der Waals surface area contributed by atoms with E-state index in [1.165, 1.54) is 0 Å². The zero-order valence-electron chi connectivity index (χ0n) is 9.69. The topological polar surface area (TPSA) is 66.4 Å². The highest BCUT2D eigenvalue weighted by atomic mass is 79.9. The highest BCUT2D eigenvalue weighted by molar-refractivity contribution is 9.11. The molecule has 0 saturated heterocycles. The molecular weight excluding hydrogens is 318 g/mol. The van der Waals surface area contributed by atoms with Crippen LogP contribution in [-0.4, -0.2) is 17.0 Å². The van der Waals surface area contributed by atoms with Crippen LogP contribution in [0.25, 0.3) is 0 Å². The molecule has 18 heavy (non-hydrogen) atoms. The lowest BCUT2D eigenvalue weighted by molar-refractivity contribution is -0.146. The number of carbonyl (C=O) groups is 2. The van der Waals surface area contributed by atoms with Crippen molar-refractivity contribution in [2.24, 2.45) is 11.8 Å². The van der Waals surface area contributed by atoms with Crippen molar-refractivity contribution in [3.8, 4) is 0 Å². The summed E-state index contributed by atoms with van der Waals surface area (Å²) in [5.41, 5.74) is 0. The van der Waals surface area contributed by atoms with Gasteiger partial charge in [-0.25, -0.2) is 0 Å². The van der Waals surface area contributed by atoms with Crippen LogP contribution >= 0.6 is 27.3 Å². The lowest BCUT2D eigenvalue weighted by Gasteiger charge is -2.15. The first kappa shape index (κ1) is 13.5. The number of carbonyl (C=O) groups excluding carboxylic acids is 1. The average molecular weight is 332 g/mol. The van der Waals surface area contributed by atoms with Crippen molar-refractivity contribution in [1.29, 1.82) is 0 Å². The van der Waals surface area contributed by atoms with Crippen LogP contribution in [0.5, 0.6) is 0 Å². The second kappa shape index (κ2) is 5.84. The van der Waals surface area contributed by atoms with Gasteiger partial charge in [-0.1, -0.05) is 6.42 Å². The molecule has 6 heteroatoms. The Bertz CT molecular complexity index is 460. The predicted octanol–water partition coefficient (Wildman–Crippen LogP) is 2.63. The Morgan fingerprint density at radius 3 is 2.72 bits per heavy atom. The Balaban J connectivity index is 1.89. The van der Waals surface area contributed by atoms with Crippen molar-refractivity contribution in [2.45, 2.75) is 25.8 Å². The second-order valence-electron chi connectivity index (χ2n) is 4.41. The minimum absolute atomic E-state index is 0.135. The Kier molecular flexibility index (Phi) is 4.40. The lowest BCUT2D eigenvalue weighted by Crippen LogP contribution is -2.34. The van der Waals surface area contributed by atoms with Gasteiger partial charge in [-0.05, 0) is 40.9 Å². The molecule has 0 radical (unpaired) electrons. The molecule has 1 amide bonds. The molecule has 0 aliphatic heterocycles. The van der Waals surface area contributed by atoms with Gasteiger partial charge in [0.25, 0.3) is 0 Å². The van der Waals surface area contributed by atoms with Gasteiger partial charge in [-0.2, -0.15) is 0 Å². The molecule has 1 aromatic rings. The number of halogens is 1. The number of aliphatic carboxylic acids is 1. The van der Waals surface area contributed by atoms with E-state index in [-0.39, 0.29) is 11.8 Å². The molecule has 2 N–H and O–H groups in total.